The molecule has 0 saturated carbocycles. The number of sulfone groups is 1. The summed E-state index contributed by atoms with van der Waals surface area (Å²) in [5.74, 6) is 0. The Morgan fingerprint density at radius 2 is 1.88 bits per heavy atom. The van der Waals surface area contributed by atoms with E-state index < -0.39 is 9.84 Å². The van der Waals surface area contributed by atoms with Gasteiger partial charge in [-0.05, 0) is 50.1 Å². The van der Waals surface area contributed by atoms with Crippen LogP contribution in [0, 0.1) is 18.3 Å². The average Bonchev–Trinajstić information content (AvgIpc) is 3.14. The minimum Gasteiger partial charge on any atom is -0.343 e. The molecule has 0 aliphatic carbocycles. The first-order chi connectivity index (χ1) is 11.5. The van der Waals surface area contributed by atoms with Gasteiger partial charge in [0, 0.05) is 23.1 Å². The first-order valence-corrected chi connectivity index (χ1v) is 9.37. The molecule has 1 aliphatic heterocycles. The van der Waals surface area contributed by atoms with Gasteiger partial charge in [-0.15, -0.1) is 0 Å². The van der Waals surface area contributed by atoms with Crippen molar-refractivity contribution in [3.63, 3.8) is 0 Å². The zero-order valence-corrected chi connectivity index (χ0v) is 14.1. The molecule has 0 unspecified atom stereocenters. The summed E-state index contributed by atoms with van der Waals surface area (Å²) in [6.07, 6.45) is 1.69. The van der Waals surface area contributed by atoms with Gasteiger partial charge >= 0.3 is 0 Å². The van der Waals surface area contributed by atoms with Crippen molar-refractivity contribution in [2.24, 2.45) is 0 Å². The van der Waals surface area contributed by atoms with E-state index in [0.29, 0.717) is 20.7 Å². The summed E-state index contributed by atoms with van der Waals surface area (Å²) in [5, 5.41) is 9.84. The molecule has 2 heterocycles. The van der Waals surface area contributed by atoms with Gasteiger partial charge < -0.3 is 4.57 Å². The molecule has 0 saturated heterocycles. The zero-order chi connectivity index (χ0) is 16.9. The lowest BCUT2D eigenvalue weighted by Crippen LogP contribution is -2.04. The fourth-order valence-electron chi connectivity index (χ4n) is 3.49. The standard InChI is InChI=1S/C19H16N2O2S/c1-13-4-7-15(8-5-13)24(22,23)19-16-11-14(12-20)6-9-17(16)21-10-2-3-18(19)21/h4-9,11H,2-3,10H2,1H3. The fourth-order valence-corrected chi connectivity index (χ4v) is 5.20. The minimum atomic E-state index is -3.62. The highest BCUT2D eigenvalue weighted by molar-refractivity contribution is 7.91. The number of rotatable bonds is 2. The molecule has 0 atom stereocenters. The maximum Gasteiger partial charge on any atom is 0.208 e. The number of aromatic nitrogens is 1. The Kier molecular flexibility index (Phi) is 3.26. The lowest BCUT2D eigenvalue weighted by molar-refractivity contribution is 0.595. The molecule has 4 nitrogen and oxygen atoms in total. The van der Waals surface area contributed by atoms with Gasteiger partial charge in [-0.1, -0.05) is 17.7 Å². The van der Waals surface area contributed by atoms with E-state index in [4.69, 9.17) is 0 Å². The molecule has 24 heavy (non-hydrogen) atoms. The molecule has 0 amide bonds. The molecular formula is C19H16N2O2S. The summed E-state index contributed by atoms with van der Waals surface area (Å²) in [6.45, 7) is 2.75. The van der Waals surface area contributed by atoms with Gasteiger partial charge in [0.1, 0.15) is 4.90 Å². The number of aryl methyl sites for hydroxylation is 2. The molecule has 1 aliphatic rings. The van der Waals surface area contributed by atoms with E-state index in [2.05, 4.69) is 10.6 Å². The number of hydrogen-bond acceptors (Lipinski definition) is 3. The second kappa shape index (κ2) is 5.22. The summed E-state index contributed by atoms with van der Waals surface area (Å²) in [5.41, 5.74) is 3.26. The third kappa shape index (κ3) is 2.07. The summed E-state index contributed by atoms with van der Waals surface area (Å²) in [6, 6.07) is 14.3. The van der Waals surface area contributed by atoms with Crippen LogP contribution in [0.4, 0.5) is 0 Å². The summed E-state index contributed by atoms with van der Waals surface area (Å²) >= 11 is 0. The SMILES string of the molecule is Cc1ccc(S(=O)(=O)c2c3n(c4ccc(C#N)cc24)CCC3)cc1. The van der Waals surface area contributed by atoms with Crippen LogP contribution in [0.25, 0.3) is 10.9 Å². The van der Waals surface area contributed by atoms with Crippen molar-refractivity contribution in [1.82, 2.24) is 4.57 Å². The van der Waals surface area contributed by atoms with Crippen molar-refractivity contribution in [2.45, 2.75) is 36.1 Å². The molecule has 0 spiro atoms. The summed E-state index contributed by atoms with van der Waals surface area (Å²) in [4.78, 5) is 0.675. The third-order valence-electron chi connectivity index (χ3n) is 4.64. The van der Waals surface area contributed by atoms with Crippen LogP contribution in [-0.2, 0) is 22.8 Å². The fraction of sp³-hybridized carbons (Fsp3) is 0.211. The van der Waals surface area contributed by atoms with Crippen LogP contribution >= 0.6 is 0 Å². The van der Waals surface area contributed by atoms with Gasteiger partial charge in [0.25, 0.3) is 0 Å². The number of fused-ring (bicyclic) bond motifs is 3. The minimum absolute atomic E-state index is 0.303. The predicted octanol–water partition coefficient (Wildman–Crippen LogP) is 3.60. The Morgan fingerprint density at radius 3 is 2.58 bits per heavy atom. The molecule has 3 aromatic rings. The van der Waals surface area contributed by atoms with E-state index in [1.165, 1.54) is 0 Å². The van der Waals surface area contributed by atoms with Crippen LogP contribution in [-0.4, -0.2) is 13.0 Å². The van der Waals surface area contributed by atoms with Crippen molar-refractivity contribution in [2.75, 3.05) is 0 Å². The maximum atomic E-state index is 13.3. The van der Waals surface area contributed by atoms with Crippen LogP contribution in [0.1, 0.15) is 23.2 Å². The molecule has 4 rings (SSSR count). The second-order valence-electron chi connectivity index (χ2n) is 6.19. The van der Waals surface area contributed by atoms with Gasteiger partial charge in [-0.2, -0.15) is 5.26 Å². The largest absolute Gasteiger partial charge is 0.343 e. The van der Waals surface area contributed by atoms with E-state index in [9.17, 15) is 13.7 Å². The Bertz CT molecular complexity index is 1100. The van der Waals surface area contributed by atoms with E-state index in [1.54, 1.807) is 24.3 Å². The summed E-state index contributed by atoms with van der Waals surface area (Å²) < 4.78 is 28.6. The third-order valence-corrected chi connectivity index (χ3v) is 6.53. The highest BCUT2D eigenvalue weighted by Gasteiger charge is 2.30. The Labute approximate surface area is 140 Å². The quantitative estimate of drug-likeness (QED) is 0.718. The number of benzene rings is 2. The van der Waals surface area contributed by atoms with E-state index in [-0.39, 0.29) is 0 Å². The van der Waals surface area contributed by atoms with Gasteiger partial charge in [0.2, 0.25) is 9.84 Å². The van der Waals surface area contributed by atoms with E-state index >= 15 is 0 Å². The molecule has 0 radical (unpaired) electrons. The molecule has 120 valence electrons. The van der Waals surface area contributed by atoms with Gasteiger partial charge in [0.15, 0.2) is 0 Å². The van der Waals surface area contributed by atoms with E-state index in [1.807, 2.05) is 25.1 Å². The molecular weight excluding hydrogens is 320 g/mol. The van der Waals surface area contributed by atoms with Crippen LogP contribution in [0.5, 0.6) is 0 Å². The van der Waals surface area contributed by atoms with Gasteiger partial charge in [-0.3, -0.25) is 0 Å². The molecule has 0 fully saturated rings. The van der Waals surface area contributed by atoms with Gasteiger partial charge in [-0.25, -0.2) is 8.42 Å². The monoisotopic (exact) mass is 336 g/mol. The summed E-state index contributed by atoms with van der Waals surface area (Å²) in [7, 11) is -3.62. The highest BCUT2D eigenvalue weighted by Crippen LogP contribution is 2.38. The van der Waals surface area contributed by atoms with Gasteiger partial charge in [0.05, 0.1) is 16.5 Å². The van der Waals surface area contributed by atoms with Crippen LogP contribution in [0.3, 0.4) is 0 Å². The number of nitriles is 1. The highest BCUT2D eigenvalue weighted by atomic mass is 32.2. The van der Waals surface area contributed by atoms with Crippen molar-refractivity contribution >= 4 is 20.7 Å². The van der Waals surface area contributed by atoms with Crippen molar-refractivity contribution in [1.29, 1.82) is 5.26 Å². The predicted molar refractivity (Wildman–Crippen MR) is 91.6 cm³/mol. The average molecular weight is 336 g/mol. The van der Waals surface area contributed by atoms with Crippen LogP contribution in [0.2, 0.25) is 0 Å². The van der Waals surface area contributed by atoms with Crippen LogP contribution in [0.15, 0.2) is 52.3 Å². The molecule has 5 heteroatoms. The maximum absolute atomic E-state index is 13.3. The first-order valence-electron chi connectivity index (χ1n) is 7.89. The number of hydrogen-bond donors (Lipinski definition) is 0. The van der Waals surface area contributed by atoms with Crippen molar-refractivity contribution in [3.8, 4) is 6.07 Å². The lowest BCUT2D eigenvalue weighted by Gasteiger charge is -2.06. The normalized spacial score (nSPS) is 13.8. The van der Waals surface area contributed by atoms with E-state index in [0.717, 1.165) is 36.2 Å². The molecule has 0 N–H and O–H groups in total. The Hall–Kier alpha value is -2.58. The molecule has 1 aromatic heterocycles. The number of nitrogens with zero attached hydrogens (tertiary/aromatic N) is 2. The van der Waals surface area contributed by atoms with Crippen LogP contribution < -0.4 is 0 Å². The van der Waals surface area contributed by atoms with Crippen molar-refractivity contribution in [3.05, 3.63) is 59.3 Å². The Morgan fingerprint density at radius 1 is 1.12 bits per heavy atom. The lowest BCUT2D eigenvalue weighted by atomic mass is 10.1. The topological polar surface area (TPSA) is 62.9 Å². The first kappa shape index (κ1) is 15.0. The Balaban J connectivity index is 2.06. The molecule has 0 bridgehead atoms. The molecule has 2 aromatic carbocycles. The smallest absolute Gasteiger partial charge is 0.208 e. The zero-order valence-electron chi connectivity index (χ0n) is 13.3. The van der Waals surface area contributed by atoms with Crippen molar-refractivity contribution < 1.29 is 8.42 Å². The second-order valence-corrected chi connectivity index (χ2v) is 8.08.